The molecule has 118 valence electrons. The van der Waals surface area contributed by atoms with Crippen LogP contribution in [0, 0.1) is 0 Å². The molecule has 3 aromatic rings. The third-order valence-corrected chi connectivity index (χ3v) is 4.38. The molecule has 0 amide bonds. The molecule has 4 rings (SSSR count). The zero-order valence-corrected chi connectivity index (χ0v) is 13.1. The molecule has 0 bridgehead atoms. The van der Waals surface area contributed by atoms with Gasteiger partial charge in [0.25, 0.3) is 5.56 Å². The Labute approximate surface area is 136 Å². The normalized spacial score (nSPS) is 15.3. The number of rotatable bonds is 2. The van der Waals surface area contributed by atoms with Crippen LogP contribution in [0.15, 0.2) is 35.3 Å². The molecule has 1 aliphatic heterocycles. The summed E-state index contributed by atoms with van der Waals surface area (Å²) in [5.41, 5.74) is 1.96. The first kappa shape index (κ1) is 14.2. The first-order chi connectivity index (χ1) is 11.2. The maximum atomic E-state index is 12.6. The molecule has 0 saturated carbocycles. The lowest BCUT2D eigenvalue weighted by Gasteiger charge is -2.27. The van der Waals surface area contributed by atoms with E-state index in [4.69, 9.17) is 11.6 Å². The van der Waals surface area contributed by atoms with Gasteiger partial charge in [-0.05, 0) is 12.1 Å². The molecule has 0 radical (unpaired) electrons. The maximum absolute atomic E-state index is 12.6. The summed E-state index contributed by atoms with van der Waals surface area (Å²) in [4.78, 5) is 22.2. The average Bonchev–Trinajstić information content (AvgIpc) is 3.02. The molecule has 3 heterocycles. The lowest BCUT2D eigenvalue weighted by atomic mass is 10.3. The summed E-state index contributed by atoms with van der Waals surface area (Å²) >= 11 is 6.31. The number of imidazole rings is 1. The van der Waals surface area contributed by atoms with Crippen LogP contribution in [0.25, 0.3) is 17.0 Å². The van der Waals surface area contributed by atoms with Crippen molar-refractivity contribution in [2.24, 2.45) is 0 Å². The number of hydrogen-bond acceptors (Lipinski definition) is 4. The Morgan fingerprint density at radius 3 is 2.78 bits per heavy atom. The van der Waals surface area contributed by atoms with Crippen LogP contribution < -0.4 is 15.8 Å². The largest absolute Gasteiger partial charge is 0.358 e. The first-order valence-corrected chi connectivity index (χ1v) is 7.91. The summed E-state index contributed by atoms with van der Waals surface area (Å²) < 4.78 is 1.21. The zero-order chi connectivity index (χ0) is 15.8. The first-order valence-electron chi connectivity index (χ1n) is 7.53. The third kappa shape index (κ3) is 2.47. The van der Waals surface area contributed by atoms with Gasteiger partial charge in [-0.2, -0.15) is 9.78 Å². The fourth-order valence-corrected chi connectivity index (χ4v) is 3.07. The van der Waals surface area contributed by atoms with Gasteiger partial charge in [0.1, 0.15) is 5.02 Å². The highest BCUT2D eigenvalue weighted by Crippen LogP contribution is 2.21. The van der Waals surface area contributed by atoms with Crippen molar-refractivity contribution in [2.45, 2.75) is 0 Å². The summed E-state index contributed by atoms with van der Waals surface area (Å²) in [6.45, 7) is 3.69. The van der Waals surface area contributed by atoms with E-state index in [1.807, 2.05) is 24.3 Å². The number of H-pyrrole nitrogens is 1. The predicted octanol–water partition coefficient (Wildman–Crippen LogP) is 0.146. The van der Waals surface area contributed by atoms with E-state index in [9.17, 15) is 4.79 Å². The van der Waals surface area contributed by atoms with E-state index in [0.29, 0.717) is 11.6 Å². The highest BCUT2D eigenvalue weighted by Gasteiger charge is 2.20. The van der Waals surface area contributed by atoms with Crippen molar-refractivity contribution in [2.75, 3.05) is 31.1 Å². The van der Waals surface area contributed by atoms with E-state index in [0.717, 1.165) is 37.2 Å². The minimum absolute atomic E-state index is 0.183. The Morgan fingerprint density at radius 2 is 2.00 bits per heavy atom. The number of aromatic nitrogens is 4. The van der Waals surface area contributed by atoms with Gasteiger partial charge in [0, 0.05) is 0 Å². The van der Waals surface area contributed by atoms with Gasteiger partial charge < -0.3 is 15.2 Å². The number of anilines is 1. The molecule has 0 aliphatic carbocycles. The van der Waals surface area contributed by atoms with Crippen LogP contribution in [0.4, 0.5) is 5.69 Å². The van der Waals surface area contributed by atoms with Crippen molar-refractivity contribution in [3.63, 3.8) is 0 Å². The highest BCUT2D eigenvalue weighted by atomic mass is 35.5. The standard InChI is InChI=1S/C15H15ClN6O/c16-13-12(21-7-5-17-6-8-21)9-18-22(14(13)23)15-19-10-3-1-2-4-11(10)20-15/h1-4,9,17H,5-8H2,(H,19,20)/p+1. The van der Waals surface area contributed by atoms with Crippen LogP contribution >= 0.6 is 11.6 Å². The molecule has 8 heteroatoms. The van der Waals surface area contributed by atoms with Crippen LogP contribution in [-0.4, -0.2) is 45.9 Å². The number of quaternary nitrogens is 1. The number of aromatic amines is 1. The topological polar surface area (TPSA) is 83.4 Å². The van der Waals surface area contributed by atoms with E-state index in [2.05, 4.69) is 25.3 Å². The number of fused-ring (bicyclic) bond motifs is 1. The number of piperazine rings is 1. The van der Waals surface area contributed by atoms with Crippen molar-refractivity contribution < 1.29 is 5.32 Å². The number of nitrogens with zero attached hydrogens (tertiary/aromatic N) is 4. The quantitative estimate of drug-likeness (QED) is 0.700. The highest BCUT2D eigenvalue weighted by molar-refractivity contribution is 6.33. The summed E-state index contributed by atoms with van der Waals surface area (Å²) in [7, 11) is 0. The molecular formula is C15H16ClN6O+. The summed E-state index contributed by atoms with van der Waals surface area (Å²) in [5.74, 6) is 0.372. The third-order valence-electron chi connectivity index (χ3n) is 4.02. The van der Waals surface area contributed by atoms with Crippen LogP contribution in [0.2, 0.25) is 5.02 Å². The lowest BCUT2D eigenvalue weighted by Crippen LogP contribution is -2.89. The number of nitrogens with one attached hydrogen (secondary N) is 1. The number of halogens is 1. The van der Waals surface area contributed by atoms with Gasteiger partial charge in [0.2, 0.25) is 5.95 Å². The second-order valence-electron chi connectivity index (χ2n) is 5.49. The Morgan fingerprint density at radius 1 is 1.22 bits per heavy atom. The predicted molar refractivity (Wildman–Crippen MR) is 88.4 cm³/mol. The number of para-hydroxylation sites is 2. The molecule has 3 N–H and O–H groups in total. The van der Waals surface area contributed by atoms with E-state index < -0.39 is 0 Å². The molecule has 7 nitrogen and oxygen atoms in total. The maximum Gasteiger partial charge on any atom is 0.295 e. The fraction of sp³-hybridized carbons (Fsp3) is 0.267. The number of hydrogen-bond donors (Lipinski definition) is 2. The second kappa shape index (κ2) is 5.68. The number of benzene rings is 1. The van der Waals surface area contributed by atoms with Crippen molar-refractivity contribution in [1.82, 2.24) is 19.7 Å². The fourth-order valence-electron chi connectivity index (χ4n) is 2.83. The molecule has 1 aromatic carbocycles. The molecule has 0 spiro atoms. The Balaban J connectivity index is 1.78. The molecule has 2 aromatic heterocycles. The molecule has 1 fully saturated rings. The van der Waals surface area contributed by atoms with Gasteiger partial charge in [-0.3, -0.25) is 4.79 Å². The SMILES string of the molecule is O=c1c(Cl)c(N2CC[NH2+]CC2)cnn1-c1nc2ccccc2[nH]1. The van der Waals surface area contributed by atoms with Crippen LogP contribution in [0.3, 0.4) is 0 Å². The minimum Gasteiger partial charge on any atom is -0.358 e. The molecular weight excluding hydrogens is 316 g/mol. The van der Waals surface area contributed by atoms with Crippen LogP contribution in [-0.2, 0) is 0 Å². The van der Waals surface area contributed by atoms with Crippen molar-refractivity contribution in [1.29, 1.82) is 0 Å². The number of nitrogens with two attached hydrogens (primary N) is 1. The average molecular weight is 332 g/mol. The Kier molecular flexibility index (Phi) is 3.51. The van der Waals surface area contributed by atoms with E-state index in [1.165, 1.54) is 4.68 Å². The molecule has 0 unspecified atom stereocenters. The van der Waals surface area contributed by atoms with Gasteiger partial charge in [-0.1, -0.05) is 23.7 Å². The van der Waals surface area contributed by atoms with Crippen molar-refractivity contribution >= 4 is 28.3 Å². The Hall–Kier alpha value is -2.38. The van der Waals surface area contributed by atoms with E-state index >= 15 is 0 Å². The van der Waals surface area contributed by atoms with Crippen LogP contribution in [0.1, 0.15) is 0 Å². The van der Waals surface area contributed by atoms with Gasteiger partial charge in [0.05, 0.1) is 49.1 Å². The molecule has 1 aliphatic rings. The summed E-state index contributed by atoms with van der Waals surface area (Å²) in [5, 5.41) is 6.68. The summed E-state index contributed by atoms with van der Waals surface area (Å²) in [6.07, 6.45) is 1.64. The molecule has 23 heavy (non-hydrogen) atoms. The minimum atomic E-state index is -0.363. The zero-order valence-electron chi connectivity index (χ0n) is 12.4. The Bertz CT molecular complexity index is 879. The monoisotopic (exact) mass is 331 g/mol. The smallest absolute Gasteiger partial charge is 0.295 e. The van der Waals surface area contributed by atoms with Gasteiger partial charge >= 0.3 is 0 Å². The van der Waals surface area contributed by atoms with Crippen LogP contribution in [0.5, 0.6) is 0 Å². The lowest BCUT2D eigenvalue weighted by molar-refractivity contribution is -0.655. The second-order valence-corrected chi connectivity index (χ2v) is 5.87. The van der Waals surface area contributed by atoms with Crippen molar-refractivity contribution in [3.05, 3.63) is 45.8 Å². The molecule has 1 saturated heterocycles. The van der Waals surface area contributed by atoms with Gasteiger partial charge in [-0.15, -0.1) is 0 Å². The van der Waals surface area contributed by atoms with E-state index in [1.54, 1.807) is 6.20 Å². The van der Waals surface area contributed by atoms with Gasteiger partial charge in [-0.25, -0.2) is 4.98 Å². The van der Waals surface area contributed by atoms with Crippen molar-refractivity contribution in [3.8, 4) is 5.95 Å². The summed E-state index contributed by atoms with van der Waals surface area (Å²) in [6, 6.07) is 7.58. The van der Waals surface area contributed by atoms with E-state index in [-0.39, 0.29) is 10.6 Å². The van der Waals surface area contributed by atoms with Gasteiger partial charge in [0.15, 0.2) is 0 Å². The molecule has 0 atom stereocenters.